The summed E-state index contributed by atoms with van der Waals surface area (Å²) >= 11 is 4.22. The number of thiol groups is 1. The lowest BCUT2D eigenvalue weighted by molar-refractivity contribution is -0.808. The number of nitrogens with two attached hydrogens (primary N) is 1. The molecule has 11 heavy (non-hydrogen) atoms. The summed E-state index contributed by atoms with van der Waals surface area (Å²) in [5.41, 5.74) is 5.16. The average molecular weight is 177 g/mol. The largest absolute Gasteiger partial charge is 0.413 e. The zero-order chi connectivity index (χ0) is 9.07. The monoisotopic (exact) mass is 177 g/mol. The molecule has 0 aromatic heterocycles. The first-order valence-corrected chi connectivity index (χ1v) is 4.19. The molecule has 0 radical (unpaired) electrons. The molecule has 66 valence electrons. The van der Waals surface area contributed by atoms with Gasteiger partial charge in [0.1, 0.15) is 0 Å². The van der Waals surface area contributed by atoms with Crippen LogP contribution in [-0.2, 0) is 0 Å². The van der Waals surface area contributed by atoms with Gasteiger partial charge in [0.05, 0.1) is 20.6 Å². The minimum atomic E-state index is -0.293. The molecule has 0 fully saturated rings. The summed E-state index contributed by atoms with van der Waals surface area (Å²) in [7, 11) is 3.61. The van der Waals surface area contributed by atoms with Gasteiger partial charge in [0.15, 0.2) is 0 Å². The zero-order valence-corrected chi connectivity index (χ0v) is 8.27. The first-order chi connectivity index (χ1) is 4.86. The summed E-state index contributed by atoms with van der Waals surface area (Å²) in [4.78, 5) is 10.8. The van der Waals surface area contributed by atoms with Crippen LogP contribution in [0.4, 0.5) is 4.79 Å². The summed E-state index contributed by atoms with van der Waals surface area (Å²) in [6.45, 7) is 2.75. The molecule has 0 heterocycles. The third-order valence-corrected chi connectivity index (χ3v) is 1.96. The van der Waals surface area contributed by atoms with Crippen LogP contribution in [0, 0.1) is 0 Å². The Bertz CT molecular complexity index is 145. The molecule has 0 aliphatic carbocycles. The van der Waals surface area contributed by atoms with Crippen molar-refractivity contribution in [2.24, 2.45) is 5.73 Å². The maximum absolute atomic E-state index is 10.8. The highest BCUT2D eigenvalue weighted by Crippen LogP contribution is 2.05. The fourth-order valence-electron chi connectivity index (χ4n) is 0.620. The van der Waals surface area contributed by atoms with Gasteiger partial charge in [-0.3, -0.25) is 0 Å². The van der Waals surface area contributed by atoms with E-state index in [4.69, 9.17) is 5.73 Å². The lowest BCUT2D eigenvalue weighted by Crippen LogP contribution is -2.50. The summed E-state index contributed by atoms with van der Waals surface area (Å²) in [5, 5.41) is 0.326. The Hall–Kier alpha value is -0.220. The first kappa shape index (κ1) is 10.8. The molecule has 4 heteroatoms. The maximum Gasteiger partial charge on any atom is 0.413 e. The second kappa shape index (κ2) is 3.97. The molecule has 2 N–H and O–H groups in total. The topological polar surface area (TPSA) is 43.1 Å². The van der Waals surface area contributed by atoms with Crippen molar-refractivity contribution in [3.05, 3.63) is 0 Å². The molecule has 0 aromatic carbocycles. The van der Waals surface area contributed by atoms with Crippen LogP contribution in [0.25, 0.3) is 0 Å². The highest BCUT2D eigenvalue weighted by Gasteiger charge is 2.22. The maximum atomic E-state index is 10.8. The van der Waals surface area contributed by atoms with E-state index in [1.165, 1.54) is 0 Å². The van der Waals surface area contributed by atoms with Crippen molar-refractivity contribution in [3.8, 4) is 0 Å². The Kier molecular flexibility index (Phi) is 3.89. The number of amides is 2. The molecule has 0 aliphatic rings. The molecule has 1 unspecified atom stereocenters. The molecule has 0 rings (SSSR count). The smallest absolute Gasteiger partial charge is 0.319 e. The van der Waals surface area contributed by atoms with Crippen LogP contribution in [0.5, 0.6) is 0 Å². The molecule has 0 saturated heterocycles. The molecule has 0 saturated carbocycles. The second-order valence-electron chi connectivity index (χ2n) is 3.38. The van der Waals surface area contributed by atoms with Gasteiger partial charge in [-0.15, -0.1) is 0 Å². The van der Waals surface area contributed by atoms with E-state index in [-0.39, 0.29) is 10.5 Å². The van der Waals surface area contributed by atoms with Gasteiger partial charge in [-0.1, -0.05) is 6.92 Å². The van der Waals surface area contributed by atoms with Crippen LogP contribution in [0.2, 0.25) is 0 Å². The number of nitrogens with zero attached hydrogens (tertiary/aromatic N) is 1. The molecule has 0 spiro atoms. The molecule has 0 bridgehead atoms. The van der Waals surface area contributed by atoms with Crippen LogP contribution in [0.1, 0.15) is 13.3 Å². The summed E-state index contributed by atoms with van der Waals surface area (Å²) in [6, 6.07) is -0.293. The number of carbonyl (C=O) groups is 1. The second-order valence-corrected chi connectivity index (χ2v) is 4.27. The Labute approximate surface area is 73.6 Å². The van der Waals surface area contributed by atoms with Crippen molar-refractivity contribution < 1.29 is 9.28 Å². The molecule has 0 aliphatic heterocycles. The number of primary amides is 1. The number of hydrogen-bond acceptors (Lipinski definition) is 2. The van der Waals surface area contributed by atoms with Gasteiger partial charge in [0.25, 0.3) is 0 Å². The average Bonchev–Trinajstić information content (AvgIpc) is 1.84. The van der Waals surface area contributed by atoms with Gasteiger partial charge < -0.3 is 5.73 Å². The van der Waals surface area contributed by atoms with Crippen LogP contribution < -0.4 is 5.73 Å². The standard InChI is InChI=1S/C7H16N2OS/c1-6(11)4-5-9(2,3)7(8)10/h6H,4-5H2,1-3H3,(H2-,8,10,11)/p+1. The highest BCUT2D eigenvalue weighted by molar-refractivity contribution is 7.80. The van der Waals surface area contributed by atoms with E-state index < -0.39 is 0 Å². The van der Waals surface area contributed by atoms with Crippen molar-refractivity contribution in [1.82, 2.24) is 0 Å². The fourth-order valence-corrected chi connectivity index (χ4v) is 0.735. The molecular formula is C7H17N2OS+. The van der Waals surface area contributed by atoms with Gasteiger partial charge >= 0.3 is 6.03 Å². The highest BCUT2D eigenvalue weighted by atomic mass is 32.1. The number of carbonyl (C=O) groups excluding carboxylic acids is 1. The fraction of sp³-hybridized carbons (Fsp3) is 0.857. The van der Waals surface area contributed by atoms with Crippen molar-refractivity contribution >= 4 is 18.7 Å². The lowest BCUT2D eigenvalue weighted by atomic mass is 10.3. The van der Waals surface area contributed by atoms with Crippen molar-refractivity contribution in [2.45, 2.75) is 18.6 Å². The van der Waals surface area contributed by atoms with Crippen LogP contribution >= 0.6 is 12.6 Å². The lowest BCUT2D eigenvalue weighted by Gasteiger charge is -2.24. The molecule has 0 aromatic rings. The number of urea groups is 1. The van der Waals surface area contributed by atoms with Crippen molar-refractivity contribution in [1.29, 1.82) is 0 Å². The quantitative estimate of drug-likeness (QED) is 0.487. The van der Waals surface area contributed by atoms with Crippen molar-refractivity contribution in [2.75, 3.05) is 20.6 Å². The summed E-state index contributed by atoms with van der Waals surface area (Å²) < 4.78 is 0.241. The predicted molar refractivity (Wildman–Crippen MR) is 49.6 cm³/mol. The van der Waals surface area contributed by atoms with Crippen LogP contribution in [-0.4, -0.2) is 36.4 Å². The normalized spacial score (nSPS) is 14.5. The van der Waals surface area contributed by atoms with Crippen molar-refractivity contribution in [3.63, 3.8) is 0 Å². The van der Waals surface area contributed by atoms with E-state index in [0.717, 1.165) is 13.0 Å². The predicted octanol–water partition coefficient (Wildman–Crippen LogP) is 0.850. The summed E-state index contributed by atoms with van der Waals surface area (Å²) in [5.74, 6) is 0. The third-order valence-electron chi connectivity index (χ3n) is 1.70. The van der Waals surface area contributed by atoms with E-state index in [1.54, 1.807) is 14.1 Å². The van der Waals surface area contributed by atoms with Gasteiger partial charge in [0.2, 0.25) is 0 Å². The Morgan fingerprint density at radius 2 is 2.09 bits per heavy atom. The van der Waals surface area contributed by atoms with Gasteiger partial charge in [-0.2, -0.15) is 12.6 Å². The Morgan fingerprint density at radius 1 is 1.64 bits per heavy atom. The van der Waals surface area contributed by atoms with E-state index >= 15 is 0 Å². The third kappa shape index (κ3) is 4.27. The molecule has 1 atom stereocenters. The van der Waals surface area contributed by atoms with Crippen LogP contribution in [0.15, 0.2) is 0 Å². The number of hydrogen-bond donors (Lipinski definition) is 2. The SMILES string of the molecule is CC(S)CC[N+](C)(C)C(N)=O. The van der Waals surface area contributed by atoms with Crippen LogP contribution in [0.3, 0.4) is 0 Å². The Balaban J connectivity index is 3.83. The minimum absolute atomic E-state index is 0.241. The zero-order valence-electron chi connectivity index (χ0n) is 7.37. The Morgan fingerprint density at radius 3 is 2.36 bits per heavy atom. The number of quaternary nitrogens is 1. The van der Waals surface area contributed by atoms with E-state index in [0.29, 0.717) is 5.25 Å². The molecule has 3 nitrogen and oxygen atoms in total. The van der Waals surface area contributed by atoms with Gasteiger partial charge in [0, 0.05) is 11.7 Å². The van der Waals surface area contributed by atoms with E-state index in [9.17, 15) is 4.79 Å². The molecular weight excluding hydrogens is 160 g/mol. The summed E-state index contributed by atoms with van der Waals surface area (Å²) in [6.07, 6.45) is 0.902. The van der Waals surface area contributed by atoms with Gasteiger partial charge in [-0.05, 0) is 0 Å². The molecule has 2 amide bonds. The van der Waals surface area contributed by atoms with Gasteiger partial charge in [-0.25, -0.2) is 9.28 Å². The van der Waals surface area contributed by atoms with E-state index in [1.807, 2.05) is 6.92 Å². The first-order valence-electron chi connectivity index (χ1n) is 3.67. The van der Waals surface area contributed by atoms with E-state index in [2.05, 4.69) is 12.6 Å². The minimum Gasteiger partial charge on any atom is -0.319 e. The number of rotatable bonds is 3.